The van der Waals surface area contributed by atoms with Crippen molar-refractivity contribution >= 4 is 16.8 Å². The molecule has 1 aromatic heterocycles. The van der Waals surface area contributed by atoms with Crippen LogP contribution in [0.2, 0.25) is 0 Å². The number of aromatic nitrogens is 1. The highest BCUT2D eigenvalue weighted by molar-refractivity contribution is 5.87. The number of benzene rings is 3. The van der Waals surface area contributed by atoms with Crippen molar-refractivity contribution in [3.8, 4) is 11.5 Å². The van der Waals surface area contributed by atoms with Gasteiger partial charge in [-0.05, 0) is 53.4 Å². The third kappa shape index (κ3) is 6.50. The smallest absolute Gasteiger partial charge is 0.220 e. The van der Waals surface area contributed by atoms with Crippen LogP contribution in [0.3, 0.4) is 0 Å². The molecule has 3 aromatic carbocycles. The fourth-order valence-corrected chi connectivity index (χ4v) is 4.77. The van der Waals surface area contributed by atoms with Crippen molar-refractivity contribution in [1.82, 2.24) is 9.88 Å². The Bertz CT molecular complexity index is 1310. The molecule has 0 saturated heterocycles. The predicted octanol–water partition coefficient (Wildman–Crippen LogP) is 6.67. The van der Waals surface area contributed by atoms with Crippen LogP contribution >= 0.6 is 0 Å². The molecule has 0 saturated carbocycles. The highest BCUT2D eigenvalue weighted by Gasteiger charge is 2.24. The molecule has 0 aliphatic rings. The van der Waals surface area contributed by atoms with E-state index in [9.17, 15) is 9.18 Å². The van der Waals surface area contributed by atoms with E-state index >= 15 is 0 Å². The average molecular weight is 503 g/mol. The van der Waals surface area contributed by atoms with Crippen molar-refractivity contribution in [2.75, 3.05) is 20.8 Å². The van der Waals surface area contributed by atoms with Gasteiger partial charge in [0.1, 0.15) is 17.3 Å². The lowest BCUT2D eigenvalue weighted by Crippen LogP contribution is -2.26. The number of ether oxygens (including phenoxy) is 2. The van der Waals surface area contributed by atoms with Crippen molar-refractivity contribution in [2.45, 2.75) is 45.1 Å². The number of halogens is 1. The number of methoxy groups -OCH3 is 2. The fourth-order valence-electron chi connectivity index (χ4n) is 4.77. The van der Waals surface area contributed by atoms with E-state index in [1.807, 2.05) is 30.3 Å². The van der Waals surface area contributed by atoms with E-state index < -0.39 is 0 Å². The second-order valence-corrected chi connectivity index (χ2v) is 9.32. The lowest BCUT2D eigenvalue weighted by molar-refractivity contribution is -0.121. The summed E-state index contributed by atoms with van der Waals surface area (Å²) in [5.41, 5.74) is 4.06. The zero-order valence-corrected chi connectivity index (χ0v) is 21.8. The molecule has 1 atom stereocenters. The van der Waals surface area contributed by atoms with Crippen LogP contribution in [-0.2, 0) is 11.3 Å². The van der Waals surface area contributed by atoms with Gasteiger partial charge < -0.3 is 19.4 Å². The highest BCUT2D eigenvalue weighted by Crippen LogP contribution is 2.38. The summed E-state index contributed by atoms with van der Waals surface area (Å²) in [7, 11) is 3.26. The van der Waals surface area contributed by atoms with E-state index in [1.54, 1.807) is 26.4 Å². The molecule has 1 N–H and O–H groups in total. The van der Waals surface area contributed by atoms with E-state index in [4.69, 9.17) is 9.47 Å². The number of para-hydroxylation sites is 1. The van der Waals surface area contributed by atoms with Crippen LogP contribution in [0.1, 0.15) is 55.2 Å². The number of rotatable bonds is 12. The van der Waals surface area contributed by atoms with Crippen LogP contribution in [0.4, 0.5) is 4.39 Å². The third-order valence-corrected chi connectivity index (χ3v) is 6.73. The molecule has 5 nitrogen and oxygen atoms in total. The monoisotopic (exact) mass is 502 g/mol. The zero-order chi connectivity index (χ0) is 26.2. The molecule has 194 valence electrons. The maximum absolute atomic E-state index is 13.5. The van der Waals surface area contributed by atoms with Crippen LogP contribution in [0.5, 0.6) is 11.5 Å². The Morgan fingerprint density at radius 3 is 2.35 bits per heavy atom. The quantitative estimate of drug-likeness (QED) is 0.220. The molecule has 0 aliphatic heterocycles. The Kier molecular flexibility index (Phi) is 8.83. The lowest BCUT2D eigenvalue weighted by Gasteiger charge is -2.19. The Labute approximate surface area is 218 Å². The van der Waals surface area contributed by atoms with Gasteiger partial charge in [0, 0.05) is 48.6 Å². The zero-order valence-electron chi connectivity index (χ0n) is 21.8. The minimum absolute atomic E-state index is 0.0123. The maximum Gasteiger partial charge on any atom is 0.220 e. The van der Waals surface area contributed by atoms with E-state index in [-0.39, 0.29) is 17.6 Å². The summed E-state index contributed by atoms with van der Waals surface area (Å²) in [5.74, 6) is 0.905. The normalized spacial score (nSPS) is 11.9. The first-order valence-corrected chi connectivity index (χ1v) is 12.8. The van der Waals surface area contributed by atoms with Gasteiger partial charge in [0.25, 0.3) is 0 Å². The maximum atomic E-state index is 13.5. The second kappa shape index (κ2) is 12.4. The van der Waals surface area contributed by atoms with Crippen molar-refractivity contribution in [3.63, 3.8) is 0 Å². The molecule has 1 amide bonds. The van der Waals surface area contributed by atoms with Gasteiger partial charge in [-0.3, -0.25) is 4.79 Å². The Morgan fingerprint density at radius 2 is 1.68 bits per heavy atom. The summed E-state index contributed by atoms with van der Waals surface area (Å²) < 4.78 is 26.7. The minimum Gasteiger partial charge on any atom is -0.497 e. The largest absolute Gasteiger partial charge is 0.497 e. The second-order valence-electron chi connectivity index (χ2n) is 9.32. The van der Waals surface area contributed by atoms with E-state index in [0.29, 0.717) is 31.0 Å². The molecule has 0 fully saturated rings. The van der Waals surface area contributed by atoms with Gasteiger partial charge in [0.05, 0.1) is 14.2 Å². The van der Waals surface area contributed by atoms with Crippen molar-refractivity contribution < 1.29 is 18.7 Å². The molecule has 4 aromatic rings. The number of hydrogen-bond donors (Lipinski definition) is 1. The predicted molar refractivity (Wildman–Crippen MR) is 146 cm³/mol. The first-order chi connectivity index (χ1) is 18.0. The molecule has 1 heterocycles. The van der Waals surface area contributed by atoms with Crippen LogP contribution in [-0.4, -0.2) is 31.2 Å². The molecule has 4 rings (SSSR count). The van der Waals surface area contributed by atoms with Gasteiger partial charge >= 0.3 is 0 Å². The molecule has 6 heteroatoms. The molecular formula is C31H35FN2O3. The number of unbranched alkanes of at least 4 members (excludes halogenated alkanes) is 2. The SMILES string of the molecule is CCCCCNC(=O)C[C@H](c1cc(OC)cc(OC)c1)c1cn(Cc2ccc(F)cc2)c2ccccc12. The first-order valence-electron chi connectivity index (χ1n) is 12.8. The van der Waals surface area contributed by atoms with Crippen LogP contribution in [0.15, 0.2) is 72.9 Å². The number of hydrogen-bond acceptors (Lipinski definition) is 3. The number of carbonyl (C=O) groups excluding carboxylic acids is 1. The first kappa shape index (κ1) is 26.3. The van der Waals surface area contributed by atoms with E-state index in [1.165, 1.54) is 12.1 Å². The fraction of sp³-hybridized carbons (Fsp3) is 0.323. The minimum atomic E-state index is -0.251. The summed E-state index contributed by atoms with van der Waals surface area (Å²) >= 11 is 0. The summed E-state index contributed by atoms with van der Waals surface area (Å²) in [6, 6.07) is 20.6. The number of amides is 1. The Balaban J connectivity index is 1.76. The summed E-state index contributed by atoms with van der Waals surface area (Å²) in [4.78, 5) is 13.1. The molecule has 0 unspecified atom stereocenters. The summed E-state index contributed by atoms with van der Waals surface area (Å²) in [6.07, 6.45) is 5.59. The van der Waals surface area contributed by atoms with Crippen molar-refractivity contribution in [2.24, 2.45) is 0 Å². The topological polar surface area (TPSA) is 52.5 Å². The molecule has 0 spiro atoms. The van der Waals surface area contributed by atoms with Crippen LogP contribution in [0, 0.1) is 5.82 Å². The van der Waals surface area contributed by atoms with Gasteiger partial charge in [-0.1, -0.05) is 50.1 Å². The molecule has 0 radical (unpaired) electrons. The standard InChI is InChI=1S/C31H35FN2O3/c1-4-5-8-15-33-31(35)19-28(23-16-25(36-2)18-26(17-23)37-3)29-21-34(30-10-7-6-9-27(29)30)20-22-11-13-24(32)14-12-22/h6-7,9-14,16-18,21,28H,4-5,8,15,19-20H2,1-3H3,(H,33,35)/t28-/m1/s1. The van der Waals surface area contributed by atoms with Gasteiger partial charge in [0.2, 0.25) is 5.91 Å². The Morgan fingerprint density at radius 1 is 0.973 bits per heavy atom. The number of nitrogens with zero attached hydrogens (tertiary/aromatic N) is 1. The lowest BCUT2D eigenvalue weighted by atomic mass is 9.87. The van der Waals surface area contributed by atoms with Crippen molar-refractivity contribution in [3.05, 3.63) is 95.4 Å². The molecular weight excluding hydrogens is 467 g/mol. The highest BCUT2D eigenvalue weighted by atomic mass is 19.1. The molecule has 37 heavy (non-hydrogen) atoms. The van der Waals surface area contributed by atoms with Gasteiger partial charge in [-0.2, -0.15) is 0 Å². The number of fused-ring (bicyclic) bond motifs is 1. The van der Waals surface area contributed by atoms with Crippen LogP contribution < -0.4 is 14.8 Å². The van der Waals surface area contributed by atoms with Gasteiger partial charge in [-0.25, -0.2) is 4.39 Å². The van der Waals surface area contributed by atoms with E-state index in [0.717, 1.165) is 46.9 Å². The molecule has 0 aliphatic carbocycles. The molecule has 0 bridgehead atoms. The summed E-state index contributed by atoms with van der Waals surface area (Å²) in [6.45, 7) is 3.42. The van der Waals surface area contributed by atoms with Crippen molar-refractivity contribution in [1.29, 1.82) is 0 Å². The van der Waals surface area contributed by atoms with Gasteiger partial charge in [-0.15, -0.1) is 0 Å². The van der Waals surface area contributed by atoms with E-state index in [2.05, 4.69) is 35.1 Å². The average Bonchev–Trinajstić information content (AvgIpc) is 3.28. The van der Waals surface area contributed by atoms with Gasteiger partial charge in [0.15, 0.2) is 0 Å². The number of nitrogens with one attached hydrogen (secondary N) is 1. The summed E-state index contributed by atoms with van der Waals surface area (Å²) in [5, 5.41) is 4.18. The third-order valence-electron chi connectivity index (χ3n) is 6.73. The number of carbonyl (C=O) groups is 1. The Hall–Kier alpha value is -3.80. The van der Waals surface area contributed by atoms with Crippen LogP contribution in [0.25, 0.3) is 10.9 Å².